The maximum Gasteiger partial charge on any atom is 0.271 e. The molecule has 2 aromatic rings. The van der Waals surface area contributed by atoms with Crippen LogP contribution >= 0.6 is 11.6 Å². The number of nitro groups is 1. The van der Waals surface area contributed by atoms with Gasteiger partial charge in [0.05, 0.1) is 4.92 Å². The molecule has 2 N–H and O–H groups in total. The molecular formula is C14H11ClN2O4. The summed E-state index contributed by atoms with van der Waals surface area (Å²) in [4.78, 5) is 22.1. The first-order valence-electron chi connectivity index (χ1n) is 5.97. The number of halogens is 1. The van der Waals surface area contributed by atoms with Gasteiger partial charge in [0, 0.05) is 29.3 Å². The molecule has 21 heavy (non-hydrogen) atoms. The number of nitrogens with one attached hydrogen (secondary N) is 1. The van der Waals surface area contributed by atoms with Crippen LogP contribution in [0.1, 0.15) is 15.9 Å². The largest absolute Gasteiger partial charge is 0.508 e. The first kappa shape index (κ1) is 14.8. The van der Waals surface area contributed by atoms with Gasteiger partial charge in [-0.3, -0.25) is 14.9 Å². The average molecular weight is 307 g/mol. The van der Waals surface area contributed by atoms with Crippen molar-refractivity contribution >= 4 is 23.2 Å². The number of carbonyl (C=O) groups is 1. The molecule has 0 bridgehead atoms. The van der Waals surface area contributed by atoms with Gasteiger partial charge < -0.3 is 10.4 Å². The minimum atomic E-state index is -0.608. The Balaban J connectivity index is 2.09. The second kappa shape index (κ2) is 6.23. The molecule has 0 aromatic heterocycles. The molecule has 7 heteroatoms. The molecule has 0 aliphatic carbocycles. The molecule has 1 amide bonds. The van der Waals surface area contributed by atoms with E-state index < -0.39 is 10.8 Å². The maximum atomic E-state index is 12.0. The van der Waals surface area contributed by atoms with E-state index in [1.807, 2.05) is 0 Å². The molecule has 0 spiro atoms. The molecular weight excluding hydrogens is 296 g/mol. The van der Waals surface area contributed by atoms with Crippen molar-refractivity contribution in [3.05, 3.63) is 68.7 Å². The summed E-state index contributed by atoms with van der Waals surface area (Å²) in [6, 6.07) is 10.0. The molecule has 0 aliphatic rings. The van der Waals surface area contributed by atoms with E-state index in [0.717, 1.165) is 11.6 Å². The van der Waals surface area contributed by atoms with Crippen molar-refractivity contribution in [2.45, 2.75) is 6.54 Å². The second-order valence-corrected chi connectivity index (χ2v) is 4.74. The fourth-order valence-corrected chi connectivity index (χ4v) is 1.94. The Morgan fingerprint density at radius 2 is 1.90 bits per heavy atom. The van der Waals surface area contributed by atoms with Gasteiger partial charge in [-0.2, -0.15) is 0 Å². The number of hydrogen-bond acceptors (Lipinski definition) is 4. The molecule has 0 fully saturated rings. The number of aromatic hydroxyl groups is 1. The number of nitro benzene ring substituents is 1. The monoisotopic (exact) mass is 306 g/mol. The van der Waals surface area contributed by atoms with Gasteiger partial charge in [0.2, 0.25) is 0 Å². The first-order valence-corrected chi connectivity index (χ1v) is 6.34. The number of phenolic OH excluding ortho intramolecular Hbond substituents is 1. The summed E-state index contributed by atoms with van der Waals surface area (Å²) in [5.74, 6) is -0.329. The van der Waals surface area contributed by atoms with Crippen molar-refractivity contribution in [2.24, 2.45) is 0 Å². The summed E-state index contributed by atoms with van der Waals surface area (Å²) in [5.41, 5.74) is 0.669. The summed E-state index contributed by atoms with van der Waals surface area (Å²) >= 11 is 5.76. The third-order valence-corrected chi connectivity index (χ3v) is 2.96. The topological polar surface area (TPSA) is 92.5 Å². The van der Waals surface area contributed by atoms with Crippen LogP contribution in [0.2, 0.25) is 5.02 Å². The van der Waals surface area contributed by atoms with Gasteiger partial charge in [-0.25, -0.2) is 0 Å². The number of hydrogen-bond donors (Lipinski definition) is 2. The first-order chi connectivity index (χ1) is 9.95. The quantitative estimate of drug-likeness (QED) is 0.671. The zero-order valence-corrected chi connectivity index (χ0v) is 11.5. The van der Waals surface area contributed by atoms with Gasteiger partial charge >= 0.3 is 0 Å². The van der Waals surface area contributed by atoms with Crippen LogP contribution < -0.4 is 5.32 Å². The summed E-state index contributed by atoms with van der Waals surface area (Å²) < 4.78 is 0. The van der Waals surface area contributed by atoms with Gasteiger partial charge in [-0.05, 0) is 23.8 Å². The highest BCUT2D eigenvalue weighted by molar-refractivity contribution is 6.31. The minimum absolute atomic E-state index is 0.118. The molecule has 0 saturated carbocycles. The van der Waals surface area contributed by atoms with Gasteiger partial charge in [0.1, 0.15) is 5.75 Å². The number of benzene rings is 2. The summed E-state index contributed by atoms with van der Waals surface area (Å²) in [6.07, 6.45) is 0. The third-order valence-electron chi connectivity index (χ3n) is 2.74. The van der Waals surface area contributed by atoms with Crippen molar-refractivity contribution < 1.29 is 14.8 Å². The summed E-state index contributed by atoms with van der Waals surface area (Å²) in [6.45, 7) is 0.236. The minimum Gasteiger partial charge on any atom is -0.508 e. The lowest BCUT2D eigenvalue weighted by molar-refractivity contribution is -0.384. The lowest BCUT2D eigenvalue weighted by Crippen LogP contribution is -2.22. The van der Waals surface area contributed by atoms with Crippen LogP contribution in [0.3, 0.4) is 0 Å². The molecule has 0 saturated heterocycles. The standard InChI is InChI=1S/C14H11ClN2O4/c15-11-5-10(6-12(7-11)17(20)21)14(19)16-8-9-1-3-13(18)4-2-9/h1-7,18H,8H2,(H,16,19). The van der Waals surface area contributed by atoms with E-state index in [2.05, 4.69) is 5.32 Å². The highest BCUT2D eigenvalue weighted by Crippen LogP contribution is 2.21. The Morgan fingerprint density at radius 3 is 2.52 bits per heavy atom. The van der Waals surface area contributed by atoms with Crippen LogP contribution in [-0.2, 0) is 6.54 Å². The molecule has 6 nitrogen and oxygen atoms in total. The van der Waals surface area contributed by atoms with Crippen LogP contribution in [0, 0.1) is 10.1 Å². The fourth-order valence-electron chi connectivity index (χ4n) is 1.71. The Bertz CT molecular complexity index is 686. The number of amides is 1. The summed E-state index contributed by atoms with van der Waals surface area (Å²) in [7, 11) is 0. The van der Waals surface area contributed by atoms with Crippen molar-refractivity contribution in [1.82, 2.24) is 5.32 Å². The SMILES string of the molecule is O=C(NCc1ccc(O)cc1)c1cc(Cl)cc([N+](=O)[O-])c1. The molecule has 0 unspecified atom stereocenters. The average Bonchev–Trinajstić information content (AvgIpc) is 2.45. The Kier molecular flexibility index (Phi) is 4.39. The lowest BCUT2D eigenvalue weighted by Gasteiger charge is -2.06. The zero-order valence-electron chi connectivity index (χ0n) is 10.7. The zero-order chi connectivity index (χ0) is 15.4. The van der Waals surface area contributed by atoms with E-state index in [0.29, 0.717) is 0 Å². The molecule has 2 aromatic carbocycles. The molecule has 0 aliphatic heterocycles. The Morgan fingerprint density at radius 1 is 1.24 bits per heavy atom. The Labute approximate surface area is 125 Å². The number of nitrogens with zero attached hydrogens (tertiary/aromatic N) is 1. The van der Waals surface area contributed by atoms with Gasteiger partial charge in [-0.1, -0.05) is 23.7 Å². The van der Waals surface area contributed by atoms with Gasteiger partial charge in [-0.15, -0.1) is 0 Å². The molecule has 0 atom stereocenters. The van der Waals surface area contributed by atoms with E-state index >= 15 is 0 Å². The predicted molar refractivity (Wildman–Crippen MR) is 77.4 cm³/mol. The van der Waals surface area contributed by atoms with Crippen molar-refractivity contribution in [1.29, 1.82) is 0 Å². The Hall–Kier alpha value is -2.60. The number of phenols is 1. The van der Waals surface area contributed by atoms with Crippen LogP contribution in [0.25, 0.3) is 0 Å². The van der Waals surface area contributed by atoms with Crippen LogP contribution in [0.15, 0.2) is 42.5 Å². The van der Waals surface area contributed by atoms with E-state index in [9.17, 15) is 14.9 Å². The molecule has 108 valence electrons. The van der Waals surface area contributed by atoms with E-state index in [-0.39, 0.29) is 28.6 Å². The van der Waals surface area contributed by atoms with E-state index in [1.165, 1.54) is 24.3 Å². The van der Waals surface area contributed by atoms with Crippen molar-refractivity contribution in [3.63, 3.8) is 0 Å². The van der Waals surface area contributed by atoms with Crippen molar-refractivity contribution in [3.8, 4) is 5.75 Å². The predicted octanol–water partition coefficient (Wildman–Crippen LogP) is 2.88. The van der Waals surface area contributed by atoms with E-state index in [1.54, 1.807) is 12.1 Å². The van der Waals surface area contributed by atoms with Crippen molar-refractivity contribution in [2.75, 3.05) is 0 Å². The lowest BCUT2D eigenvalue weighted by atomic mass is 10.1. The number of non-ortho nitro benzene ring substituents is 1. The highest BCUT2D eigenvalue weighted by atomic mass is 35.5. The second-order valence-electron chi connectivity index (χ2n) is 4.30. The van der Waals surface area contributed by atoms with E-state index in [4.69, 9.17) is 16.7 Å². The maximum absolute atomic E-state index is 12.0. The molecule has 0 radical (unpaired) electrons. The van der Waals surface area contributed by atoms with Gasteiger partial charge in [0.15, 0.2) is 0 Å². The number of rotatable bonds is 4. The molecule has 0 heterocycles. The third kappa shape index (κ3) is 3.93. The smallest absolute Gasteiger partial charge is 0.271 e. The summed E-state index contributed by atoms with van der Waals surface area (Å²) in [5, 5.41) is 22.6. The molecule has 2 rings (SSSR count). The van der Waals surface area contributed by atoms with Crippen LogP contribution in [-0.4, -0.2) is 15.9 Å². The highest BCUT2D eigenvalue weighted by Gasteiger charge is 2.13. The van der Waals surface area contributed by atoms with Crippen LogP contribution in [0.4, 0.5) is 5.69 Å². The number of carbonyl (C=O) groups excluding carboxylic acids is 1. The van der Waals surface area contributed by atoms with Gasteiger partial charge in [0.25, 0.3) is 11.6 Å². The fraction of sp³-hybridized carbons (Fsp3) is 0.0714. The normalized spacial score (nSPS) is 10.1. The van der Waals surface area contributed by atoms with Crippen LogP contribution in [0.5, 0.6) is 5.75 Å².